The Kier molecular flexibility index (Phi) is 6.57. The lowest BCUT2D eigenvalue weighted by molar-refractivity contribution is -0.142. The summed E-state index contributed by atoms with van der Waals surface area (Å²) < 4.78 is 4.92. The van der Waals surface area contributed by atoms with E-state index in [1.807, 2.05) is 66.7 Å². The second kappa shape index (κ2) is 8.91. The first kappa shape index (κ1) is 17.0. The molecule has 1 N–H and O–H groups in total. The van der Waals surface area contributed by atoms with Crippen LogP contribution in [0.4, 0.5) is 0 Å². The molecule has 0 heterocycles. The van der Waals surface area contributed by atoms with E-state index in [2.05, 4.69) is 0 Å². The van der Waals surface area contributed by atoms with Gasteiger partial charge in [-0.2, -0.15) is 0 Å². The van der Waals surface area contributed by atoms with E-state index < -0.39 is 6.10 Å². The van der Waals surface area contributed by atoms with Gasteiger partial charge in [0.25, 0.3) is 0 Å². The van der Waals surface area contributed by atoms with Gasteiger partial charge < -0.3 is 9.84 Å². The smallest absolute Gasteiger partial charge is 0.309 e. The predicted octanol–water partition coefficient (Wildman–Crippen LogP) is 4.01. The number of hydrogen-bond donors (Lipinski definition) is 1. The highest BCUT2D eigenvalue weighted by molar-refractivity contribution is 5.71. The number of esters is 1. The molecule has 2 atom stereocenters. The molecule has 0 unspecified atom stereocenters. The molecule has 2 rings (SSSR count). The van der Waals surface area contributed by atoms with E-state index in [9.17, 15) is 9.90 Å². The molecule has 0 aliphatic rings. The summed E-state index contributed by atoms with van der Waals surface area (Å²) in [5.74, 6) is -0.474. The average molecular weight is 310 g/mol. The summed E-state index contributed by atoms with van der Waals surface area (Å²) in [5, 5.41) is 10.7. The van der Waals surface area contributed by atoms with Gasteiger partial charge in [-0.05, 0) is 18.1 Å². The predicted molar refractivity (Wildman–Crippen MR) is 91.0 cm³/mol. The first-order chi connectivity index (χ1) is 11.2. The van der Waals surface area contributed by atoms with Crippen molar-refractivity contribution in [2.75, 3.05) is 6.61 Å². The van der Waals surface area contributed by atoms with Crippen LogP contribution in [0, 0.1) is 0 Å². The number of rotatable bonds is 7. The summed E-state index contributed by atoms with van der Waals surface area (Å²) in [4.78, 5) is 11.5. The maximum Gasteiger partial charge on any atom is 0.309 e. The number of carbonyl (C=O) groups excluding carboxylic acids is 1. The molecule has 0 saturated carbocycles. The lowest BCUT2D eigenvalue weighted by Crippen LogP contribution is -2.09. The average Bonchev–Trinajstić information content (AvgIpc) is 2.60. The fraction of sp³-hybridized carbons (Fsp3) is 0.250. The van der Waals surface area contributed by atoms with E-state index in [0.717, 1.165) is 11.1 Å². The Bertz CT molecular complexity index is 620. The Balaban J connectivity index is 2.19. The van der Waals surface area contributed by atoms with Crippen LogP contribution in [0.2, 0.25) is 0 Å². The molecular formula is C20H22O3. The maximum absolute atomic E-state index is 11.5. The summed E-state index contributed by atoms with van der Waals surface area (Å²) in [7, 11) is 0. The lowest BCUT2D eigenvalue weighted by atomic mass is 9.88. The van der Waals surface area contributed by atoms with Crippen molar-refractivity contribution >= 4 is 5.97 Å². The van der Waals surface area contributed by atoms with Crippen LogP contribution in [0.5, 0.6) is 0 Å². The fourth-order valence-electron chi connectivity index (χ4n) is 2.46. The van der Waals surface area contributed by atoms with E-state index in [4.69, 9.17) is 4.74 Å². The third-order valence-corrected chi connectivity index (χ3v) is 3.60. The highest BCUT2D eigenvalue weighted by Gasteiger charge is 2.20. The van der Waals surface area contributed by atoms with Crippen LogP contribution < -0.4 is 0 Å². The Morgan fingerprint density at radius 3 is 2.17 bits per heavy atom. The SMILES string of the molecule is CCOC(=O)C/C=C\[C@@H](c1ccccc1)[C@@H](O)c1ccccc1. The van der Waals surface area contributed by atoms with Gasteiger partial charge in [0.05, 0.1) is 19.1 Å². The zero-order valence-electron chi connectivity index (χ0n) is 13.3. The number of carbonyl (C=O) groups is 1. The van der Waals surface area contributed by atoms with Gasteiger partial charge in [0.1, 0.15) is 0 Å². The van der Waals surface area contributed by atoms with Gasteiger partial charge in [-0.1, -0.05) is 72.8 Å². The van der Waals surface area contributed by atoms with Gasteiger partial charge >= 0.3 is 5.97 Å². The van der Waals surface area contributed by atoms with Gasteiger partial charge in [-0.25, -0.2) is 0 Å². The van der Waals surface area contributed by atoms with E-state index in [0.29, 0.717) is 6.61 Å². The molecular weight excluding hydrogens is 288 g/mol. The normalized spacial score (nSPS) is 13.7. The van der Waals surface area contributed by atoms with Crippen LogP contribution in [0.15, 0.2) is 72.8 Å². The maximum atomic E-state index is 11.5. The molecule has 0 bridgehead atoms. The van der Waals surface area contributed by atoms with Crippen LogP contribution in [-0.2, 0) is 9.53 Å². The highest BCUT2D eigenvalue weighted by atomic mass is 16.5. The topological polar surface area (TPSA) is 46.5 Å². The van der Waals surface area contributed by atoms with Crippen LogP contribution in [0.1, 0.15) is 36.5 Å². The Labute approximate surface area is 137 Å². The fourth-order valence-corrected chi connectivity index (χ4v) is 2.46. The van der Waals surface area contributed by atoms with Crippen molar-refractivity contribution in [1.82, 2.24) is 0 Å². The van der Waals surface area contributed by atoms with Crippen molar-refractivity contribution in [3.05, 3.63) is 83.9 Å². The Morgan fingerprint density at radius 1 is 1.04 bits per heavy atom. The summed E-state index contributed by atoms with van der Waals surface area (Å²) in [6.45, 7) is 2.16. The van der Waals surface area contributed by atoms with Crippen LogP contribution in [0.3, 0.4) is 0 Å². The zero-order chi connectivity index (χ0) is 16.5. The van der Waals surface area contributed by atoms with Gasteiger partial charge in [0, 0.05) is 5.92 Å². The van der Waals surface area contributed by atoms with Crippen LogP contribution in [-0.4, -0.2) is 17.7 Å². The molecule has 3 nitrogen and oxygen atoms in total. The standard InChI is InChI=1S/C20H22O3/c1-2-23-19(21)15-9-14-18(16-10-5-3-6-11-16)20(22)17-12-7-4-8-13-17/h3-14,18,20,22H,2,15H2,1H3/b14-9-/t18-,20-/m0/s1. The summed E-state index contributed by atoms with van der Waals surface area (Å²) in [5.41, 5.74) is 1.85. The molecule has 0 aliphatic carbocycles. The molecule has 2 aromatic carbocycles. The molecule has 0 radical (unpaired) electrons. The lowest BCUT2D eigenvalue weighted by Gasteiger charge is -2.21. The second-order valence-corrected chi connectivity index (χ2v) is 5.23. The van der Waals surface area contributed by atoms with Crippen molar-refractivity contribution < 1.29 is 14.6 Å². The molecule has 0 amide bonds. The minimum atomic E-state index is -0.669. The number of hydrogen-bond acceptors (Lipinski definition) is 3. The van der Waals surface area contributed by atoms with Gasteiger partial charge in [0.2, 0.25) is 0 Å². The van der Waals surface area contributed by atoms with Gasteiger partial charge in [0.15, 0.2) is 0 Å². The van der Waals surface area contributed by atoms with E-state index in [1.54, 1.807) is 13.0 Å². The van der Waals surface area contributed by atoms with Crippen molar-refractivity contribution in [3.63, 3.8) is 0 Å². The quantitative estimate of drug-likeness (QED) is 0.621. The Morgan fingerprint density at radius 2 is 1.61 bits per heavy atom. The zero-order valence-corrected chi connectivity index (χ0v) is 13.3. The third-order valence-electron chi connectivity index (χ3n) is 3.60. The molecule has 120 valence electrons. The van der Waals surface area contributed by atoms with Crippen molar-refractivity contribution in [1.29, 1.82) is 0 Å². The number of aliphatic hydroxyl groups is 1. The number of aliphatic hydroxyl groups excluding tert-OH is 1. The highest BCUT2D eigenvalue weighted by Crippen LogP contribution is 2.32. The number of ether oxygens (including phenoxy) is 1. The molecule has 0 saturated heterocycles. The Hall–Kier alpha value is -2.39. The van der Waals surface area contributed by atoms with Gasteiger partial charge in [-0.15, -0.1) is 0 Å². The first-order valence-electron chi connectivity index (χ1n) is 7.82. The minimum absolute atomic E-state index is 0.207. The number of benzene rings is 2. The molecule has 23 heavy (non-hydrogen) atoms. The molecule has 0 aromatic heterocycles. The van der Waals surface area contributed by atoms with Crippen LogP contribution >= 0.6 is 0 Å². The largest absolute Gasteiger partial charge is 0.466 e. The van der Waals surface area contributed by atoms with Crippen molar-refractivity contribution in [2.45, 2.75) is 25.4 Å². The van der Waals surface area contributed by atoms with E-state index in [1.165, 1.54) is 0 Å². The molecule has 0 fully saturated rings. The molecule has 3 heteroatoms. The summed E-state index contributed by atoms with van der Waals surface area (Å²) in [6, 6.07) is 19.3. The third kappa shape index (κ3) is 5.08. The second-order valence-electron chi connectivity index (χ2n) is 5.23. The summed E-state index contributed by atoms with van der Waals surface area (Å²) in [6.07, 6.45) is 3.18. The monoisotopic (exact) mass is 310 g/mol. The van der Waals surface area contributed by atoms with E-state index >= 15 is 0 Å². The van der Waals surface area contributed by atoms with Crippen LogP contribution in [0.25, 0.3) is 0 Å². The van der Waals surface area contributed by atoms with E-state index in [-0.39, 0.29) is 18.3 Å². The first-order valence-corrected chi connectivity index (χ1v) is 7.82. The molecule has 0 aliphatic heterocycles. The van der Waals surface area contributed by atoms with Crippen molar-refractivity contribution in [2.24, 2.45) is 0 Å². The minimum Gasteiger partial charge on any atom is -0.466 e. The summed E-state index contributed by atoms with van der Waals surface area (Å²) >= 11 is 0. The van der Waals surface area contributed by atoms with Gasteiger partial charge in [-0.3, -0.25) is 4.79 Å². The molecule has 2 aromatic rings. The van der Waals surface area contributed by atoms with Crippen molar-refractivity contribution in [3.8, 4) is 0 Å². The molecule has 0 spiro atoms.